The summed E-state index contributed by atoms with van der Waals surface area (Å²) >= 11 is 0. The summed E-state index contributed by atoms with van der Waals surface area (Å²) in [4.78, 5) is 15.1. The second-order valence-electron chi connectivity index (χ2n) is 6.19. The van der Waals surface area contributed by atoms with Crippen LogP contribution in [0.15, 0.2) is 35.1 Å². The van der Waals surface area contributed by atoms with Crippen LogP contribution in [0.4, 0.5) is 0 Å². The van der Waals surface area contributed by atoms with Gasteiger partial charge in [-0.1, -0.05) is 37.6 Å². The Labute approximate surface area is 137 Å². The quantitative estimate of drug-likeness (QED) is 0.834. The van der Waals surface area contributed by atoms with E-state index in [0.717, 1.165) is 42.5 Å². The number of hydrazine groups is 1. The van der Waals surface area contributed by atoms with E-state index in [1.54, 1.807) is 0 Å². The molecule has 0 atom stereocenters. The van der Waals surface area contributed by atoms with Crippen LogP contribution in [0.3, 0.4) is 0 Å². The minimum Gasteiger partial charge on any atom is -0.325 e. The van der Waals surface area contributed by atoms with Gasteiger partial charge >= 0.3 is 0 Å². The van der Waals surface area contributed by atoms with Crippen molar-refractivity contribution in [2.45, 2.75) is 33.1 Å². The van der Waals surface area contributed by atoms with Crippen molar-refractivity contribution < 1.29 is 0 Å². The Kier molecular flexibility index (Phi) is 4.94. The van der Waals surface area contributed by atoms with Crippen LogP contribution in [0.5, 0.6) is 0 Å². The second-order valence-corrected chi connectivity index (χ2v) is 6.19. The molecule has 0 fully saturated rings. The van der Waals surface area contributed by atoms with Crippen molar-refractivity contribution in [3.8, 4) is 0 Å². The molecule has 0 aliphatic carbocycles. The highest BCUT2D eigenvalue weighted by Crippen LogP contribution is 2.29. The highest BCUT2D eigenvalue weighted by atomic mass is 16.1. The molecule has 0 spiro atoms. The number of H-pyrrole nitrogens is 1. The summed E-state index contributed by atoms with van der Waals surface area (Å²) in [6.45, 7) is 7.16. The zero-order valence-corrected chi connectivity index (χ0v) is 14.0. The predicted octanol–water partition coefficient (Wildman–Crippen LogP) is 3.23. The zero-order valence-electron chi connectivity index (χ0n) is 14.0. The molecule has 23 heavy (non-hydrogen) atoms. The van der Waals surface area contributed by atoms with Gasteiger partial charge in [0.25, 0.3) is 5.56 Å². The van der Waals surface area contributed by atoms with Crippen LogP contribution < -0.4 is 11.0 Å². The Morgan fingerprint density at radius 2 is 2.04 bits per heavy atom. The standard InChI is InChI=1S/C19H25N3O/c1-3-4-11-20-22-12-9-15(10-13-22)18-14(2)21-19(23)17-8-6-5-7-16(17)18/h5-9,20H,3-4,10-13H2,1-2H3,(H,21,23). The Bertz CT molecular complexity index is 776. The van der Waals surface area contributed by atoms with E-state index in [2.05, 4.69) is 34.5 Å². The van der Waals surface area contributed by atoms with Crippen molar-refractivity contribution in [3.63, 3.8) is 0 Å². The number of rotatable bonds is 5. The molecule has 0 saturated carbocycles. The monoisotopic (exact) mass is 311 g/mol. The number of hydrogen-bond acceptors (Lipinski definition) is 3. The number of hydrogen-bond donors (Lipinski definition) is 2. The van der Waals surface area contributed by atoms with Gasteiger partial charge in [-0.25, -0.2) is 5.01 Å². The van der Waals surface area contributed by atoms with Crippen LogP contribution in [0, 0.1) is 6.92 Å². The normalized spacial score (nSPS) is 15.8. The third-order valence-electron chi connectivity index (χ3n) is 4.51. The molecule has 0 radical (unpaired) electrons. The minimum absolute atomic E-state index is 0.00104. The highest BCUT2D eigenvalue weighted by molar-refractivity contribution is 5.94. The molecule has 2 N–H and O–H groups in total. The summed E-state index contributed by atoms with van der Waals surface area (Å²) in [5.74, 6) is 0. The average Bonchev–Trinajstić information content (AvgIpc) is 2.56. The van der Waals surface area contributed by atoms with Gasteiger partial charge in [0, 0.05) is 36.3 Å². The van der Waals surface area contributed by atoms with Crippen molar-refractivity contribution >= 4 is 16.3 Å². The topological polar surface area (TPSA) is 48.1 Å². The summed E-state index contributed by atoms with van der Waals surface area (Å²) < 4.78 is 0. The molecule has 4 heteroatoms. The van der Waals surface area contributed by atoms with Crippen LogP contribution in [-0.2, 0) is 0 Å². The lowest BCUT2D eigenvalue weighted by molar-refractivity contribution is 0.207. The average molecular weight is 311 g/mol. The van der Waals surface area contributed by atoms with Gasteiger partial charge < -0.3 is 4.98 Å². The molecule has 3 rings (SSSR count). The third-order valence-corrected chi connectivity index (χ3v) is 4.51. The maximum Gasteiger partial charge on any atom is 0.256 e. The molecule has 0 saturated heterocycles. The molecule has 122 valence electrons. The number of aromatic nitrogens is 1. The first-order chi connectivity index (χ1) is 11.2. The van der Waals surface area contributed by atoms with Gasteiger partial charge in [0.15, 0.2) is 0 Å². The summed E-state index contributed by atoms with van der Waals surface area (Å²) in [6.07, 6.45) is 5.70. The summed E-state index contributed by atoms with van der Waals surface area (Å²) in [5.41, 5.74) is 6.99. The lowest BCUT2D eigenvalue weighted by Crippen LogP contribution is -2.41. The number of aromatic amines is 1. The number of benzene rings is 1. The number of aryl methyl sites for hydroxylation is 1. The predicted molar refractivity (Wildman–Crippen MR) is 96.4 cm³/mol. The summed E-state index contributed by atoms with van der Waals surface area (Å²) in [5, 5.41) is 4.12. The maximum absolute atomic E-state index is 12.1. The Balaban J connectivity index is 1.88. The van der Waals surface area contributed by atoms with Crippen molar-refractivity contribution in [2.75, 3.05) is 19.6 Å². The number of nitrogens with zero attached hydrogens (tertiary/aromatic N) is 1. The van der Waals surface area contributed by atoms with Crippen LogP contribution in [0.1, 0.15) is 37.4 Å². The largest absolute Gasteiger partial charge is 0.325 e. The number of unbranched alkanes of at least 4 members (excludes halogenated alkanes) is 1. The second kappa shape index (κ2) is 7.11. The van der Waals surface area contributed by atoms with Crippen molar-refractivity contribution in [1.29, 1.82) is 0 Å². The molecule has 1 aromatic heterocycles. The van der Waals surface area contributed by atoms with Gasteiger partial charge in [0.05, 0.1) is 0 Å². The molecular weight excluding hydrogens is 286 g/mol. The van der Waals surface area contributed by atoms with E-state index in [1.807, 2.05) is 25.1 Å². The molecule has 2 heterocycles. The lowest BCUT2D eigenvalue weighted by Gasteiger charge is -2.28. The third kappa shape index (κ3) is 3.38. The van der Waals surface area contributed by atoms with Crippen molar-refractivity contribution in [3.05, 3.63) is 52.0 Å². The SMILES string of the molecule is CCCCNN1CC=C(c2c(C)[nH]c(=O)c3ccccc23)CC1. The molecule has 1 aliphatic heterocycles. The minimum atomic E-state index is 0.00104. The van der Waals surface area contributed by atoms with Crippen LogP contribution in [0.2, 0.25) is 0 Å². The molecule has 1 aromatic carbocycles. The maximum atomic E-state index is 12.1. The fraction of sp³-hybridized carbons (Fsp3) is 0.421. The molecule has 2 aromatic rings. The zero-order chi connectivity index (χ0) is 16.2. The van der Waals surface area contributed by atoms with E-state index in [9.17, 15) is 4.79 Å². The number of fused-ring (bicyclic) bond motifs is 1. The van der Waals surface area contributed by atoms with E-state index in [0.29, 0.717) is 0 Å². The fourth-order valence-corrected chi connectivity index (χ4v) is 3.27. The van der Waals surface area contributed by atoms with E-state index >= 15 is 0 Å². The summed E-state index contributed by atoms with van der Waals surface area (Å²) in [7, 11) is 0. The van der Waals surface area contributed by atoms with Gasteiger partial charge in [0.1, 0.15) is 0 Å². The smallest absolute Gasteiger partial charge is 0.256 e. The molecule has 0 bridgehead atoms. The lowest BCUT2D eigenvalue weighted by atomic mass is 9.94. The molecule has 0 amide bonds. The van der Waals surface area contributed by atoms with Gasteiger partial charge in [-0.05, 0) is 36.8 Å². The Morgan fingerprint density at radius 3 is 2.74 bits per heavy atom. The highest BCUT2D eigenvalue weighted by Gasteiger charge is 2.17. The van der Waals surface area contributed by atoms with Crippen LogP contribution >= 0.6 is 0 Å². The van der Waals surface area contributed by atoms with Crippen LogP contribution in [0.25, 0.3) is 16.3 Å². The van der Waals surface area contributed by atoms with E-state index in [4.69, 9.17) is 0 Å². The first kappa shape index (κ1) is 16.0. The van der Waals surface area contributed by atoms with E-state index < -0.39 is 0 Å². The molecule has 4 nitrogen and oxygen atoms in total. The molecule has 0 unspecified atom stereocenters. The summed E-state index contributed by atoms with van der Waals surface area (Å²) in [6, 6.07) is 7.89. The first-order valence-electron chi connectivity index (χ1n) is 8.50. The number of nitrogens with one attached hydrogen (secondary N) is 2. The number of pyridine rings is 1. The van der Waals surface area contributed by atoms with Gasteiger partial charge in [-0.3, -0.25) is 10.2 Å². The fourth-order valence-electron chi connectivity index (χ4n) is 3.27. The van der Waals surface area contributed by atoms with E-state index in [1.165, 1.54) is 24.0 Å². The van der Waals surface area contributed by atoms with Gasteiger partial charge in [0.2, 0.25) is 0 Å². The van der Waals surface area contributed by atoms with E-state index in [-0.39, 0.29) is 5.56 Å². The Morgan fingerprint density at radius 1 is 1.26 bits per heavy atom. The molecule has 1 aliphatic rings. The molecular formula is C19H25N3O. The van der Waals surface area contributed by atoms with Gasteiger partial charge in [-0.15, -0.1) is 0 Å². The van der Waals surface area contributed by atoms with Gasteiger partial charge in [-0.2, -0.15) is 0 Å². The first-order valence-corrected chi connectivity index (χ1v) is 8.50. The van der Waals surface area contributed by atoms with Crippen molar-refractivity contribution in [1.82, 2.24) is 15.4 Å². The van der Waals surface area contributed by atoms with Crippen LogP contribution in [-0.4, -0.2) is 29.6 Å². The van der Waals surface area contributed by atoms with Crippen molar-refractivity contribution in [2.24, 2.45) is 0 Å². The Hall–Kier alpha value is -1.91.